The summed E-state index contributed by atoms with van der Waals surface area (Å²) in [4.78, 5) is 0. The third-order valence-corrected chi connectivity index (χ3v) is 63.1. The van der Waals surface area contributed by atoms with Crippen LogP contribution in [0.1, 0.15) is 97.2 Å². The Balaban J connectivity index is 1.42. The molecule has 0 amide bonds. The molecule has 4 heteroatoms. The number of hydrogen-bond donors (Lipinski definition) is 0. The zero-order chi connectivity index (χ0) is 39.6. The van der Waals surface area contributed by atoms with E-state index >= 15 is 0 Å². The minimum absolute atomic E-state index is 0.0395. The second-order valence-electron chi connectivity index (χ2n) is 19.4. The van der Waals surface area contributed by atoms with Crippen LogP contribution in [0.5, 0.6) is 0 Å². The summed E-state index contributed by atoms with van der Waals surface area (Å²) in [6, 6.07) is 46.3. The molecule has 0 nitrogen and oxygen atoms in total. The van der Waals surface area contributed by atoms with Gasteiger partial charge in [0, 0.05) is 0 Å². The summed E-state index contributed by atoms with van der Waals surface area (Å²) in [6.45, 7) is 19.2. The van der Waals surface area contributed by atoms with Crippen LogP contribution in [0.15, 0.2) is 132 Å². The predicted octanol–water partition coefficient (Wildman–Crippen LogP) is 16.5. The summed E-state index contributed by atoms with van der Waals surface area (Å²) >= 11 is -5.15. The Bertz CT molecular complexity index is 2370. The molecule has 0 aliphatic heterocycles. The monoisotopic (exact) mass is 869 g/mol. The third kappa shape index (κ3) is 6.89. The van der Waals surface area contributed by atoms with E-state index in [-0.39, 0.29) is 18.1 Å². The number of benzene rings is 6. The number of allylic oxidation sites excluding steroid dienone is 2. The van der Waals surface area contributed by atoms with E-state index < -0.39 is 21.5 Å². The Morgan fingerprint density at radius 1 is 0.518 bits per heavy atom. The van der Waals surface area contributed by atoms with Crippen molar-refractivity contribution in [2.45, 2.75) is 87.6 Å². The molecule has 0 bridgehead atoms. The summed E-state index contributed by atoms with van der Waals surface area (Å²) in [5.41, 5.74) is 13.6. The second kappa shape index (κ2) is 14.7. The van der Waals surface area contributed by atoms with E-state index in [0.717, 1.165) is 25.3 Å². The first-order valence-corrected chi connectivity index (χ1v) is 36.8. The van der Waals surface area contributed by atoms with Crippen molar-refractivity contribution in [3.05, 3.63) is 155 Å². The topological polar surface area (TPSA) is 0 Å². The molecular weight excluding hydrogens is 815 g/mol. The molecule has 2 aliphatic carbocycles. The molecule has 56 heavy (non-hydrogen) atoms. The minimum atomic E-state index is -5.15. The number of fused-ring (bicyclic) bond motifs is 4. The predicted molar refractivity (Wildman–Crippen MR) is 248 cm³/mol. The van der Waals surface area contributed by atoms with Crippen LogP contribution in [0.3, 0.4) is 0 Å². The molecule has 2 aliphatic rings. The van der Waals surface area contributed by atoms with E-state index in [1.165, 1.54) is 77.2 Å². The van der Waals surface area contributed by atoms with Crippen molar-refractivity contribution < 1.29 is 15.6 Å². The van der Waals surface area contributed by atoms with Gasteiger partial charge in [0.2, 0.25) is 0 Å². The van der Waals surface area contributed by atoms with Crippen molar-refractivity contribution in [2.24, 2.45) is 10.8 Å². The molecule has 8 rings (SSSR count). The molecule has 0 heterocycles. The van der Waals surface area contributed by atoms with Gasteiger partial charge in [0.05, 0.1) is 0 Å². The summed E-state index contributed by atoms with van der Waals surface area (Å²) in [5.74, 6) is -1.78. The number of rotatable bonds is 9. The molecule has 0 spiro atoms. The average Bonchev–Trinajstić information content (AvgIpc) is 3.71. The van der Waals surface area contributed by atoms with Crippen LogP contribution >= 0.6 is 17.0 Å². The van der Waals surface area contributed by atoms with Crippen molar-refractivity contribution in [2.75, 3.05) is 0 Å². The van der Waals surface area contributed by atoms with E-state index in [1.54, 1.807) is 0 Å². The number of hydrogen-bond acceptors (Lipinski definition) is 0. The van der Waals surface area contributed by atoms with Gasteiger partial charge in [-0.05, 0) is 0 Å². The van der Waals surface area contributed by atoms with Crippen LogP contribution < -0.4 is 0 Å². The molecule has 6 aromatic rings. The second-order valence-corrected chi connectivity index (χ2v) is 60.7. The first-order chi connectivity index (χ1) is 26.6. The van der Waals surface area contributed by atoms with E-state index in [2.05, 4.69) is 188 Å². The van der Waals surface area contributed by atoms with Gasteiger partial charge < -0.3 is 0 Å². The van der Waals surface area contributed by atoms with Gasteiger partial charge in [-0.3, -0.25) is 0 Å². The molecule has 3 atom stereocenters. The van der Waals surface area contributed by atoms with E-state index in [0.29, 0.717) is 0 Å². The zero-order valence-electron chi connectivity index (χ0n) is 34.5. The van der Waals surface area contributed by atoms with E-state index in [1.807, 2.05) is 0 Å². The quantitative estimate of drug-likeness (QED) is 0.127. The van der Waals surface area contributed by atoms with Gasteiger partial charge in [-0.15, -0.1) is 0 Å². The summed E-state index contributed by atoms with van der Waals surface area (Å²) in [7, 11) is 18.4. The summed E-state index contributed by atoms with van der Waals surface area (Å²) in [5, 5.41) is 5.10. The standard InChI is InChI=1S/2C24H23.C4H11Si.2ClH.Zr/c2*1-24(2,3)16-17-14-19-10-7-13-22(23(19)15-17)21-12-6-9-18-8-4-5-11-20(18)21;1-3-4-5-2;;;/h2*4-15H,16H2,1-3H3;5H,3-4H2,1-2H3;2*1H;/q;;;;;+2/p-2. The first-order valence-electron chi connectivity index (χ1n) is 20.8. The van der Waals surface area contributed by atoms with Gasteiger partial charge in [-0.2, -0.15) is 0 Å². The SMILES string of the molecule is CCC[SiH](C)[Zr]([Cl])([Cl])([CH]1C(CC(C)(C)C)=Cc2c(-c3cccc4ccccc34)cccc21)[CH]1C(CC(C)(C)C)=Cc2c(-c3cccc4ccccc34)cccc21. The maximum absolute atomic E-state index is 9.18. The number of halogens is 2. The Kier molecular flexibility index (Phi) is 10.4. The molecule has 0 aromatic heterocycles. The molecule has 287 valence electrons. The fraction of sp³-hybridized carbons (Fsp3) is 0.308. The van der Waals surface area contributed by atoms with Crippen LogP contribution in [-0.4, -0.2) is 5.92 Å². The molecule has 0 saturated carbocycles. The Morgan fingerprint density at radius 3 is 1.30 bits per heavy atom. The summed E-state index contributed by atoms with van der Waals surface area (Å²) in [6.07, 6.45) is 8.15. The van der Waals surface area contributed by atoms with E-state index in [4.69, 9.17) is 0 Å². The van der Waals surface area contributed by atoms with E-state index in [9.17, 15) is 17.0 Å². The Labute approximate surface area is 344 Å². The Morgan fingerprint density at radius 2 is 0.893 bits per heavy atom. The maximum atomic E-state index is 9.18. The average molecular weight is 872 g/mol. The van der Waals surface area contributed by atoms with Crippen molar-refractivity contribution in [3.63, 3.8) is 0 Å². The molecule has 0 fully saturated rings. The normalized spacial score (nSPS) is 18.3. The third-order valence-electron chi connectivity index (χ3n) is 12.7. The molecular formula is C52H57Cl2SiZr. The first kappa shape index (κ1) is 39.8. The van der Waals surface area contributed by atoms with Gasteiger partial charge >= 0.3 is 348 Å². The molecule has 6 aromatic carbocycles. The van der Waals surface area contributed by atoms with Crippen LogP contribution in [0.25, 0.3) is 56.0 Å². The molecule has 0 N–H and O–H groups in total. The zero-order valence-corrected chi connectivity index (χ0v) is 39.6. The van der Waals surface area contributed by atoms with Gasteiger partial charge in [0.25, 0.3) is 0 Å². The fourth-order valence-corrected chi connectivity index (χ4v) is 51.7. The van der Waals surface area contributed by atoms with Gasteiger partial charge in [0.15, 0.2) is 0 Å². The molecule has 0 saturated heterocycles. The van der Waals surface area contributed by atoms with Crippen LogP contribution in [-0.2, 0) is 15.6 Å². The van der Waals surface area contributed by atoms with Crippen molar-refractivity contribution in [3.8, 4) is 22.3 Å². The summed E-state index contributed by atoms with van der Waals surface area (Å²) < 4.78 is 0.0790. The molecule has 0 radical (unpaired) electrons. The van der Waals surface area contributed by atoms with Crippen LogP contribution in [0.2, 0.25) is 12.6 Å². The van der Waals surface area contributed by atoms with Gasteiger partial charge in [0.1, 0.15) is 0 Å². The van der Waals surface area contributed by atoms with Crippen molar-refractivity contribution in [1.29, 1.82) is 0 Å². The van der Waals surface area contributed by atoms with Gasteiger partial charge in [-0.25, -0.2) is 0 Å². The van der Waals surface area contributed by atoms with Crippen molar-refractivity contribution in [1.82, 2.24) is 0 Å². The van der Waals surface area contributed by atoms with Gasteiger partial charge in [-0.1, -0.05) is 0 Å². The van der Waals surface area contributed by atoms with Crippen LogP contribution in [0.4, 0.5) is 0 Å². The van der Waals surface area contributed by atoms with Crippen LogP contribution in [0, 0.1) is 10.8 Å². The molecule has 3 unspecified atom stereocenters. The fourth-order valence-electron chi connectivity index (χ4n) is 10.6. The van der Waals surface area contributed by atoms with Crippen molar-refractivity contribution >= 4 is 56.6 Å². The Hall–Kier alpha value is -3.00.